The quantitative estimate of drug-likeness (QED) is 0.869. The molecule has 0 bridgehead atoms. The van der Waals surface area contributed by atoms with Crippen LogP contribution < -0.4 is 5.73 Å². The van der Waals surface area contributed by atoms with Crippen molar-refractivity contribution in [2.45, 2.75) is 32.4 Å². The Morgan fingerprint density at radius 2 is 2.24 bits per heavy atom. The van der Waals surface area contributed by atoms with Crippen LogP contribution in [0.15, 0.2) is 24.4 Å². The second-order valence-electron chi connectivity index (χ2n) is 7.54. The van der Waals surface area contributed by atoms with Crippen LogP contribution in [-0.2, 0) is 11.3 Å². The molecule has 0 radical (unpaired) electrons. The number of carbonyl (C=O) groups excluding carboxylic acids is 1. The van der Waals surface area contributed by atoms with Crippen LogP contribution in [0.5, 0.6) is 0 Å². The smallest absolute Gasteiger partial charge is 0.239 e. The summed E-state index contributed by atoms with van der Waals surface area (Å²) in [4.78, 5) is 16.6. The van der Waals surface area contributed by atoms with Gasteiger partial charge in [-0.05, 0) is 57.1 Å². The fourth-order valence-electron chi connectivity index (χ4n) is 3.76. The third-order valence-electron chi connectivity index (χ3n) is 5.06. The van der Waals surface area contributed by atoms with Crippen LogP contribution in [-0.4, -0.2) is 59.2 Å². The van der Waals surface area contributed by atoms with Crippen molar-refractivity contribution in [1.29, 1.82) is 0 Å². The van der Waals surface area contributed by atoms with Gasteiger partial charge in [0.15, 0.2) is 0 Å². The van der Waals surface area contributed by atoms with Crippen molar-refractivity contribution < 1.29 is 4.79 Å². The van der Waals surface area contributed by atoms with Crippen LogP contribution in [0.2, 0.25) is 0 Å². The average Bonchev–Trinajstić information content (AvgIpc) is 2.95. The Morgan fingerprint density at radius 3 is 2.92 bits per heavy atom. The lowest BCUT2D eigenvalue weighted by atomic mass is 9.95. The zero-order valence-electron chi connectivity index (χ0n) is 15.5. The number of piperidine rings is 1. The van der Waals surface area contributed by atoms with Crippen LogP contribution in [0.3, 0.4) is 0 Å². The van der Waals surface area contributed by atoms with E-state index in [4.69, 9.17) is 5.73 Å². The van der Waals surface area contributed by atoms with Gasteiger partial charge in [0.2, 0.25) is 5.91 Å². The predicted octanol–water partition coefficient (Wildman–Crippen LogP) is 1.86. The molecule has 0 aliphatic carbocycles. The summed E-state index contributed by atoms with van der Waals surface area (Å²) in [6.07, 6.45) is 4.22. The van der Waals surface area contributed by atoms with Gasteiger partial charge in [-0.15, -0.1) is 0 Å². The first-order valence-corrected chi connectivity index (χ1v) is 9.09. The zero-order chi connectivity index (χ0) is 18.0. The number of rotatable bonds is 6. The Balaban J connectivity index is 1.87. The Morgan fingerprint density at radius 1 is 1.44 bits per heavy atom. The van der Waals surface area contributed by atoms with Crippen molar-refractivity contribution in [3.63, 3.8) is 0 Å². The summed E-state index contributed by atoms with van der Waals surface area (Å²) in [6.45, 7) is 5.88. The molecular formula is C19H29N5O. The third-order valence-corrected chi connectivity index (χ3v) is 5.06. The standard InChI is InChI=1S/C19H29N5O/c1-14-5-4-8-23(13-14)18(19(20)25)15-6-7-17-16(11-15)12-21-24(17)10-9-22(2)3/h6-7,11-12,14,18H,4-5,8-10,13H2,1-3H3,(H2,20,25)/t14-,18+/m1/s1. The Bertz CT molecular complexity index is 738. The summed E-state index contributed by atoms with van der Waals surface area (Å²) in [5.41, 5.74) is 7.84. The van der Waals surface area contributed by atoms with Gasteiger partial charge in [-0.1, -0.05) is 13.0 Å². The van der Waals surface area contributed by atoms with E-state index in [9.17, 15) is 4.79 Å². The predicted molar refractivity (Wildman–Crippen MR) is 100 cm³/mol. The van der Waals surface area contributed by atoms with Crippen LogP contribution >= 0.6 is 0 Å². The van der Waals surface area contributed by atoms with E-state index in [0.717, 1.165) is 49.1 Å². The molecule has 1 aromatic heterocycles. The highest BCUT2D eigenvalue weighted by Gasteiger charge is 2.29. The molecule has 6 nitrogen and oxygen atoms in total. The summed E-state index contributed by atoms with van der Waals surface area (Å²) in [5, 5.41) is 5.56. The molecule has 6 heteroatoms. The number of likely N-dealkylation sites (N-methyl/N-ethyl adjacent to an activating group) is 1. The van der Waals surface area contributed by atoms with E-state index in [1.165, 1.54) is 6.42 Å². The van der Waals surface area contributed by atoms with E-state index in [-0.39, 0.29) is 11.9 Å². The van der Waals surface area contributed by atoms with Gasteiger partial charge in [-0.25, -0.2) is 0 Å². The first kappa shape index (κ1) is 17.9. The molecule has 25 heavy (non-hydrogen) atoms. The number of amides is 1. The first-order valence-electron chi connectivity index (χ1n) is 9.09. The third kappa shape index (κ3) is 4.02. The SMILES string of the molecule is C[C@@H]1CCCN([C@H](C(N)=O)c2ccc3c(cnn3CCN(C)C)c2)C1. The number of aromatic nitrogens is 2. The second kappa shape index (κ2) is 7.54. The summed E-state index contributed by atoms with van der Waals surface area (Å²) in [6, 6.07) is 5.82. The lowest BCUT2D eigenvalue weighted by Gasteiger charge is -2.35. The molecule has 2 heterocycles. The molecule has 0 spiro atoms. The molecule has 0 saturated carbocycles. The summed E-state index contributed by atoms with van der Waals surface area (Å²) in [5.74, 6) is 0.335. The number of primary amides is 1. The minimum atomic E-state index is -0.350. The number of nitrogens with zero attached hydrogens (tertiary/aromatic N) is 4. The molecule has 1 aliphatic heterocycles. The van der Waals surface area contributed by atoms with Crippen molar-refractivity contribution in [2.24, 2.45) is 11.7 Å². The highest BCUT2D eigenvalue weighted by atomic mass is 16.1. The number of hydrogen-bond acceptors (Lipinski definition) is 4. The van der Waals surface area contributed by atoms with Gasteiger partial charge < -0.3 is 10.6 Å². The van der Waals surface area contributed by atoms with Gasteiger partial charge in [0.1, 0.15) is 6.04 Å². The Hall–Kier alpha value is -1.92. The second-order valence-corrected chi connectivity index (χ2v) is 7.54. The van der Waals surface area contributed by atoms with E-state index in [0.29, 0.717) is 5.92 Å². The molecule has 1 saturated heterocycles. The summed E-state index contributed by atoms with van der Waals surface area (Å²) in [7, 11) is 4.11. The minimum Gasteiger partial charge on any atom is -0.368 e. The number of benzene rings is 1. The molecule has 1 fully saturated rings. The fourth-order valence-corrected chi connectivity index (χ4v) is 3.76. The molecule has 2 atom stereocenters. The number of carbonyl (C=O) groups is 1. The minimum absolute atomic E-state index is 0.270. The van der Waals surface area contributed by atoms with Crippen LogP contribution in [0.1, 0.15) is 31.4 Å². The topological polar surface area (TPSA) is 67.4 Å². The van der Waals surface area contributed by atoms with Crippen molar-refractivity contribution >= 4 is 16.8 Å². The van der Waals surface area contributed by atoms with Crippen molar-refractivity contribution in [3.8, 4) is 0 Å². The number of likely N-dealkylation sites (tertiary alicyclic amines) is 1. The first-order chi connectivity index (χ1) is 12.0. The zero-order valence-corrected chi connectivity index (χ0v) is 15.5. The van der Waals surface area contributed by atoms with E-state index in [2.05, 4.69) is 48.1 Å². The summed E-state index contributed by atoms with van der Waals surface area (Å²) < 4.78 is 2.02. The van der Waals surface area contributed by atoms with Crippen LogP contribution in [0, 0.1) is 5.92 Å². The van der Waals surface area contributed by atoms with E-state index >= 15 is 0 Å². The van der Waals surface area contributed by atoms with E-state index < -0.39 is 0 Å². The normalized spacial score (nSPS) is 20.2. The molecule has 2 N–H and O–H groups in total. The maximum Gasteiger partial charge on any atom is 0.239 e. The maximum absolute atomic E-state index is 12.2. The molecule has 3 rings (SSSR count). The highest BCUT2D eigenvalue weighted by molar-refractivity contribution is 5.85. The largest absolute Gasteiger partial charge is 0.368 e. The molecule has 2 aromatic rings. The number of fused-ring (bicyclic) bond motifs is 1. The van der Waals surface area contributed by atoms with Crippen LogP contribution in [0.4, 0.5) is 0 Å². The van der Waals surface area contributed by atoms with Crippen LogP contribution in [0.25, 0.3) is 10.9 Å². The fraction of sp³-hybridized carbons (Fsp3) is 0.579. The maximum atomic E-state index is 12.2. The molecule has 136 valence electrons. The van der Waals surface area contributed by atoms with Gasteiger partial charge >= 0.3 is 0 Å². The van der Waals surface area contributed by atoms with Crippen molar-refractivity contribution in [3.05, 3.63) is 30.0 Å². The van der Waals surface area contributed by atoms with Crippen molar-refractivity contribution in [1.82, 2.24) is 19.6 Å². The highest BCUT2D eigenvalue weighted by Crippen LogP contribution is 2.28. The van der Waals surface area contributed by atoms with Gasteiger partial charge in [-0.3, -0.25) is 14.4 Å². The lowest BCUT2D eigenvalue weighted by molar-refractivity contribution is -0.124. The van der Waals surface area contributed by atoms with Gasteiger partial charge in [0.05, 0.1) is 18.3 Å². The molecule has 1 aliphatic rings. The Labute approximate surface area is 149 Å². The molecular weight excluding hydrogens is 314 g/mol. The number of hydrogen-bond donors (Lipinski definition) is 1. The number of nitrogens with two attached hydrogens (primary N) is 1. The summed E-state index contributed by atoms with van der Waals surface area (Å²) >= 11 is 0. The molecule has 0 unspecified atom stereocenters. The average molecular weight is 343 g/mol. The van der Waals surface area contributed by atoms with E-state index in [1.807, 2.05) is 16.9 Å². The Kier molecular flexibility index (Phi) is 5.39. The van der Waals surface area contributed by atoms with Crippen molar-refractivity contribution in [2.75, 3.05) is 33.7 Å². The van der Waals surface area contributed by atoms with Gasteiger partial charge in [-0.2, -0.15) is 5.10 Å². The van der Waals surface area contributed by atoms with E-state index in [1.54, 1.807) is 0 Å². The molecule has 1 amide bonds. The molecule has 1 aromatic carbocycles. The van der Waals surface area contributed by atoms with Gasteiger partial charge in [0, 0.05) is 18.5 Å². The lowest BCUT2D eigenvalue weighted by Crippen LogP contribution is -2.43. The monoisotopic (exact) mass is 343 g/mol. The van der Waals surface area contributed by atoms with Gasteiger partial charge in [0.25, 0.3) is 0 Å².